The van der Waals surface area contributed by atoms with Crippen LogP contribution in [0, 0.1) is 0 Å². The van der Waals surface area contributed by atoms with Crippen molar-refractivity contribution in [2.75, 3.05) is 108 Å². The Morgan fingerprint density at radius 2 is 1.08 bits per heavy atom. The van der Waals surface area contributed by atoms with Crippen LogP contribution in [-0.2, 0) is 21.9 Å². The van der Waals surface area contributed by atoms with E-state index in [-0.39, 0.29) is 0 Å². The van der Waals surface area contributed by atoms with Gasteiger partial charge in [-0.2, -0.15) is 0 Å². The maximum Gasteiger partial charge on any atom is 0.169 e. The van der Waals surface area contributed by atoms with Crippen LogP contribution in [-0.4, -0.2) is 108 Å². The third-order valence-corrected chi connectivity index (χ3v) is 11.7. The average molecular weight is 745 g/mol. The molecule has 2 fully saturated rings. The smallest absolute Gasteiger partial charge is 0.169 e. The van der Waals surface area contributed by atoms with Gasteiger partial charge in [0.1, 0.15) is 13.2 Å². The lowest BCUT2D eigenvalue weighted by Gasteiger charge is -2.36. The lowest BCUT2D eigenvalue weighted by Crippen LogP contribution is -2.98. The van der Waals surface area contributed by atoms with Crippen molar-refractivity contribution in [3.63, 3.8) is 0 Å². The normalized spacial score (nSPS) is 18.3. The van der Waals surface area contributed by atoms with Crippen LogP contribution in [0.15, 0.2) is 103 Å². The van der Waals surface area contributed by atoms with E-state index in [1.165, 1.54) is 77.4 Å². The second-order valence-electron chi connectivity index (χ2n) is 13.1. The third-order valence-electron chi connectivity index (χ3n) is 9.34. The molecule has 0 spiro atoms. The highest BCUT2D eigenvalue weighted by atomic mass is 33.1. The molecule has 3 aliphatic rings. The van der Waals surface area contributed by atoms with Gasteiger partial charge in [-0.15, -0.1) is 0 Å². The third kappa shape index (κ3) is 13.5. The molecule has 9 nitrogen and oxygen atoms in total. The molecule has 2 aromatic carbocycles. The second kappa shape index (κ2) is 22.0. The zero-order valence-electron chi connectivity index (χ0n) is 31.2. The van der Waals surface area contributed by atoms with E-state index in [4.69, 9.17) is 0 Å². The number of allylic oxidation sites excluding steroid dienone is 3. The first-order valence-corrected chi connectivity index (χ1v) is 20.7. The van der Waals surface area contributed by atoms with Crippen LogP contribution >= 0.6 is 21.6 Å². The lowest BCUT2D eigenvalue weighted by atomic mass is 10.1. The van der Waals surface area contributed by atoms with Gasteiger partial charge in [0.25, 0.3) is 0 Å². The summed E-state index contributed by atoms with van der Waals surface area (Å²) in [5.74, 6) is 2.41. The van der Waals surface area contributed by atoms with Crippen LogP contribution in [0.3, 0.4) is 0 Å². The Labute approximate surface area is 319 Å². The number of aryl methyl sites for hydroxylation is 1. The highest BCUT2D eigenvalue weighted by Crippen LogP contribution is 2.24. The van der Waals surface area contributed by atoms with Crippen molar-refractivity contribution in [3.8, 4) is 0 Å². The SMILES string of the molecule is COOOC.C[n+]1ccc(/C=C/c2ccc(N3CCN(CCSSCCN4CCN(c5ccc(/C=C/C6=C[NH+](C)C=C6)cc5)CC4)CC3)cc2)cc1. The topological polar surface area (TPSA) is 49.0 Å². The van der Waals surface area contributed by atoms with Gasteiger partial charge >= 0.3 is 0 Å². The summed E-state index contributed by atoms with van der Waals surface area (Å²) in [6.45, 7) is 11.4. The number of benzene rings is 2. The molecule has 1 unspecified atom stereocenters. The van der Waals surface area contributed by atoms with Crippen molar-refractivity contribution in [1.82, 2.24) is 9.80 Å². The van der Waals surface area contributed by atoms with Gasteiger partial charge in [0, 0.05) is 112 Å². The van der Waals surface area contributed by atoms with Gasteiger partial charge in [-0.3, -0.25) is 14.7 Å². The summed E-state index contributed by atoms with van der Waals surface area (Å²) in [6, 6.07) is 22.3. The minimum absolute atomic E-state index is 1.11. The van der Waals surface area contributed by atoms with Gasteiger partial charge < -0.3 is 9.80 Å². The Bertz CT molecular complexity index is 1580. The van der Waals surface area contributed by atoms with E-state index in [2.05, 4.69) is 183 Å². The fourth-order valence-electron chi connectivity index (χ4n) is 6.27. The Morgan fingerprint density at radius 3 is 1.48 bits per heavy atom. The van der Waals surface area contributed by atoms with Crippen LogP contribution in [0.5, 0.6) is 0 Å². The molecular weight excluding hydrogens is 689 g/mol. The van der Waals surface area contributed by atoms with Gasteiger partial charge in [-0.25, -0.2) is 14.3 Å². The molecule has 6 rings (SSSR count). The first-order valence-electron chi connectivity index (χ1n) is 18.2. The highest BCUT2D eigenvalue weighted by Gasteiger charge is 2.18. The van der Waals surface area contributed by atoms with Crippen LogP contribution in [0.4, 0.5) is 11.4 Å². The molecular formula is C41H56N6O3S2+2. The number of pyridine rings is 1. The van der Waals surface area contributed by atoms with E-state index in [0.717, 1.165) is 52.4 Å². The number of piperazine rings is 2. The summed E-state index contributed by atoms with van der Waals surface area (Å²) in [4.78, 5) is 19.6. The summed E-state index contributed by atoms with van der Waals surface area (Å²) in [5, 5.41) is 3.83. The van der Waals surface area contributed by atoms with Crippen molar-refractivity contribution in [1.29, 1.82) is 0 Å². The molecule has 0 radical (unpaired) electrons. The number of aromatic nitrogens is 1. The van der Waals surface area contributed by atoms with Gasteiger partial charge in [0.15, 0.2) is 12.4 Å². The predicted octanol–water partition coefficient (Wildman–Crippen LogP) is 5.07. The molecule has 3 aromatic rings. The molecule has 0 amide bonds. The fourth-order valence-corrected chi connectivity index (χ4v) is 8.32. The fraction of sp³-hybridized carbons (Fsp3) is 0.390. The number of quaternary nitrogens is 1. The summed E-state index contributed by atoms with van der Waals surface area (Å²) < 4.78 is 2.06. The molecule has 3 aliphatic heterocycles. The van der Waals surface area contributed by atoms with E-state index < -0.39 is 0 Å². The number of hydrogen-bond acceptors (Lipinski definition) is 9. The van der Waals surface area contributed by atoms with Gasteiger partial charge in [0.05, 0.1) is 27.5 Å². The second-order valence-corrected chi connectivity index (χ2v) is 15.8. The molecule has 278 valence electrons. The molecule has 2 saturated heterocycles. The maximum absolute atomic E-state index is 3.97. The van der Waals surface area contributed by atoms with Crippen molar-refractivity contribution < 1.29 is 24.3 Å². The molecule has 4 heterocycles. The number of rotatable bonds is 15. The number of anilines is 2. The Balaban J connectivity index is 0.000000979. The molecule has 0 bridgehead atoms. The van der Waals surface area contributed by atoms with E-state index in [1.807, 2.05) is 7.05 Å². The quantitative estimate of drug-likeness (QED) is 0.0757. The highest BCUT2D eigenvalue weighted by molar-refractivity contribution is 8.76. The minimum atomic E-state index is 1.11. The Morgan fingerprint density at radius 1 is 0.635 bits per heavy atom. The molecule has 1 aromatic heterocycles. The molecule has 52 heavy (non-hydrogen) atoms. The van der Waals surface area contributed by atoms with E-state index in [0.29, 0.717) is 0 Å². The maximum atomic E-state index is 3.97. The van der Waals surface area contributed by atoms with Crippen molar-refractivity contribution >= 4 is 51.2 Å². The summed E-state index contributed by atoms with van der Waals surface area (Å²) in [5.41, 5.74) is 7.67. The Kier molecular flexibility index (Phi) is 16.8. The van der Waals surface area contributed by atoms with Crippen molar-refractivity contribution in [2.45, 2.75) is 0 Å². The first kappa shape index (κ1) is 39.8. The summed E-state index contributed by atoms with van der Waals surface area (Å²) in [7, 11) is 11.0. The van der Waals surface area contributed by atoms with Crippen LogP contribution in [0.2, 0.25) is 0 Å². The van der Waals surface area contributed by atoms with Crippen molar-refractivity contribution in [3.05, 3.63) is 120 Å². The molecule has 0 aliphatic carbocycles. The van der Waals surface area contributed by atoms with Gasteiger partial charge in [0.2, 0.25) is 0 Å². The summed E-state index contributed by atoms with van der Waals surface area (Å²) in [6.07, 6.45) is 19.5. The van der Waals surface area contributed by atoms with E-state index in [1.54, 1.807) is 0 Å². The Hall–Kier alpha value is -3.39. The zero-order chi connectivity index (χ0) is 36.4. The first-order chi connectivity index (χ1) is 25.5. The lowest BCUT2D eigenvalue weighted by molar-refractivity contribution is -0.763. The molecule has 11 heteroatoms. The summed E-state index contributed by atoms with van der Waals surface area (Å²) >= 11 is 0. The number of nitrogens with one attached hydrogen (secondary N) is 1. The standard InChI is InChI=1S/C39H49N6S2.C2H6O3/c1-40-18-15-36(16-19-40)4-3-34-7-11-38(12-8-34)44-25-21-42(22-26-44)29-31-46-47-32-30-43-23-27-45(28-24-43)39-13-9-35(10-14-39)5-6-37-17-20-41(2)33-37;1-3-5-4-2/h3-20,33H,21-32H2,1-2H3;1-2H3/q+1;/p+1/b6-5+;. The number of hydrogen-bond donors (Lipinski definition) is 1. The van der Waals surface area contributed by atoms with Gasteiger partial charge in [-0.05, 0) is 47.0 Å². The monoisotopic (exact) mass is 744 g/mol. The molecule has 0 saturated carbocycles. The predicted molar refractivity (Wildman–Crippen MR) is 220 cm³/mol. The van der Waals surface area contributed by atoms with E-state index in [9.17, 15) is 0 Å². The largest absolute Gasteiger partial charge is 0.369 e. The van der Waals surface area contributed by atoms with Crippen LogP contribution in [0.1, 0.15) is 16.7 Å². The molecule has 1 N–H and O–H groups in total. The van der Waals surface area contributed by atoms with Gasteiger partial charge in [-0.1, -0.05) is 69.1 Å². The van der Waals surface area contributed by atoms with Crippen LogP contribution in [0.25, 0.3) is 18.2 Å². The van der Waals surface area contributed by atoms with Crippen LogP contribution < -0.4 is 19.3 Å². The van der Waals surface area contributed by atoms with E-state index >= 15 is 0 Å². The van der Waals surface area contributed by atoms with Crippen molar-refractivity contribution in [2.24, 2.45) is 7.05 Å². The number of nitrogens with zero attached hydrogens (tertiary/aromatic N) is 5. The average Bonchev–Trinajstić information content (AvgIpc) is 3.61. The zero-order valence-corrected chi connectivity index (χ0v) is 32.9. The minimum Gasteiger partial charge on any atom is -0.369 e. The molecule has 1 atom stereocenters.